The number of nitrogens with one attached hydrogen (secondary N) is 1. The smallest absolute Gasteiger partial charge is 0.193 e. The van der Waals surface area contributed by atoms with E-state index in [9.17, 15) is 8.42 Å². The molecule has 1 aliphatic heterocycles. The number of rotatable bonds is 5. The molecule has 0 aliphatic carbocycles. The predicted octanol–water partition coefficient (Wildman–Crippen LogP) is 2.02. The number of nitrogens with zero attached hydrogens (tertiary/aromatic N) is 2. The topological polar surface area (TPSA) is 71.0 Å². The van der Waals surface area contributed by atoms with Gasteiger partial charge in [0.1, 0.15) is 15.6 Å². The average molecular weight is 479 g/mol. The highest BCUT2D eigenvalue weighted by atomic mass is 127. The second kappa shape index (κ2) is 10.0. The van der Waals surface area contributed by atoms with Gasteiger partial charge in [0, 0.05) is 32.9 Å². The van der Waals surface area contributed by atoms with Crippen molar-refractivity contribution in [2.75, 3.05) is 45.8 Å². The molecule has 0 radical (unpaired) electrons. The monoisotopic (exact) mass is 479 g/mol. The van der Waals surface area contributed by atoms with Gasteiger partial charge in [-0.25, -0.2) is 8.42 Å². The average Bonchev–Trinajstić information content (AvgIpc) is 2.58. The molecule has 6 nitrogen and oxygen atoms in total. The number of halogens is 1. The van der Waals surface area contributed by atoms with Crippen molar-refractivity contribution in [3.8, 4) is 5.75 Å². The van der Waals surface area contributed by atoms with E-state index in [1.54, 1.807) is 14.2 Å². The zero-order valence-corrected chi connectivity index (χ0v) is 18.0. The fourth-order valence-electron chi connectivity index (χ4n) is 2.63. The summed E-state index contributed by atoms with van der Waals surface area (Å²) in [4.78, 5) is 6.36. The lowest BCUT2D eigenvalue weighted by Gasteiger charge is -2.29. The number of hydrogen-bond donors (Lipinski definition) is 1. The molecule has 0 unspecified atom stereocenters. The van der Waals surface area contributed by atoms with Gasteiger partial charge in [0.2, 0.25) is 0 Å². The van der Waals surface area contributed by atoms with Crippen molar-refractivity contribution in [3.63, 3.8) is 0 Å². The Bertz CT molecular complexity index is 732. The van der Waals surface area contributed by atoms with Crippen LogP contribution in [0.3, 0.4) is 0 Å². The van der Waals surface area contributed by atoms with Gasteiger partial charge in [-0.2, -0.15) is 0 Å². The van der Waals surface area contributed by atoms with Gasteiger partial charge in [0.05, 0.1) is 12.9 Å². The van der Waals surface area contributed by atoms with Crippen LogP contribution in [0.5, 0.6) is 5.75 Å². The fourth-order valence-corrected chi connectivity index (χ4v) is 3.10. The first-order chi connectivity index (χ1) is 11.4. The van der Waals surface area contributed by atoms with Crippen LogP contribution in [0.2, 0.25) is 0 Å². The van der Waals surface area contributed by atoms with Gasteiger partial charge in [-0.3, -0.25) is 4.99 Å². The summed E-state index contributed by atoms with van der Waals surface area (Å²) in [5, 5.41) is 3.12. The van der Waals surface area contributed by atoms with E-state index >= 15 is 0 Å². The maximum Gasteiger partial charge on any atom is 0.193 e. The van der Waals surface area contributed by atoms with E-state index in [-0.39, 0.29) is 29.7 Å². The van der Waals surface area contributed by atoms with Crippen molar-refractivity contribution in [2.24, 2.45) is 4.99 Å². The highest BCUT2D eigenvalue weighted by Crippen LogP contribution is 2.25. The van der Waals surface area contributed by atoms with Crippen molar-refractivity contribution in [1.29, 1.82) is 0 Å². The first-order valence-electron chi connectivity index (χ1n) is 7.89. The van der Waals surface area contributed by atoms with Crippen LogP contribution in [0.4, 0.5) is 0 Å². The minimum Gasteiger partial charge on any atom is -0.497 e. The Balaban J connectivity index is 0.00000312. The van der Waals surface area contributed by atoms with E-state index in [1.807, 2.05) is 18.2 Å². The first-order valence-corrected chi connectivity index (χ1v) is 9.96. The van der Waals surface area contributed by atoms with Gasteiger partial charge in [0.15, 0.2) is 5.96 Å². The van der Waals surface area contributed by atoms with Gasteiger partial charge in [-0.1, -0.05) is 18.2 Å². The molecular formula is C17H26IN3O3S. The van der Waals surface area contributed by atoms with Crippen LogP contribution in [-0.2, 0) is 9.84 Å². The highest BCUT2D eigenvalue weighted by molar-refractivity contribution is 14.0. The molecule has 0 saturated carbocycles. The van der Waals surface area contributed by atoms with Crippen LogP contribution >= 0.6 is 24.0 Å². The van der Waals surface area contributed by atoms with Crippen LogP contribution in [0, 0.1) is 0 Å². The van der Waals surface area contributed by atoms with E-state index in [1.165, 1.54) is 17.4 Å². The molecule has 0 saturated heterocycles. The van der Waals surface area contributed by atoms with Gasteiger partial charge in [-0.15, -0.1) is 24.0 Å². The number of sulfone groups is 1. The molecule has 25 heavy (non-hydrogen) atoms. The molecule has 140 valence electrons. The highest BCUT2D eigenvalue weighted by Gasteiger charge is 2.16. The van der Waals surface area contributed by atoms with Gasteiger partial charge >= 0.3 is 0 Å². The zero-order valence-electron chi connectivity index (χ0n) is 14.9. The molecule has 1 aliphatic rings. The Morgan fingerprint density at radius 1 is 1.40 bits per heavy atom. The van der Waals surface area contributed by atoms with Crippen LogP contribution < -0.4 is 10.1 Å². The predicted molar refractivity (Wildman–Crippen MR) is 114 cm³/mol. The molecule has 0 aromatic heterocycles. The largest absolute Gasteiger partial charge is 0.497 e. The molecule has 1 aromatic carbocycles. The summed E-state index contributed by atoms with van der Waals surface area (Å²) in [6, 6.07) is 8.06. The molecule has 1 aromatic rings. The third kappa shape index (κ3) is 6.85. The summed E-state index contributed by atoms with van der Waals surface area (Å²) < 4.78 is 27.7. The third-order valence-electron chi connectivity index (χ3n) is 3.92. The normalized spacial score (nSPS) is 15.2. The van der Waals surface area contributed by atoms with Crippen molar-refractivity contribution in [1.82, 2.24) is 10.2 Å². The first kappa shape index (κ1) is 21.8. The lowest BCUT2D eigenvalue weighted by Crippen LogP contribution is -2.44. The Labute approximate surface area is 167 Å². The summed E-state index contributed by atoms with van der Waals surface area (Å²) in [7, 11) is 0.411. The van der Waals surface area contributed by atoms with E-state index in [4.69, 9.17) is 4.74 Å². The second-order valence-electron chi connectivity index (χ2n) is 5.76. The maximum absolute atomic E-state index is 11.2. The minimum absolute atomic E-state index is 0. The van der Waals surface area contributed by atoms with Crippen LogP contribution in [0.1, 0.15) is 12.0 Å². The Kier molecular flexibility index (Phi) is 8.70. The fraction of sp³-hybridized carbons (Fsp3) is 0.471. The molecule has 0 fully saturated rings. The number of benzene rings is 1. The molecule has 0 atom stereocenters. The summed E-state index contributed by atoms with van der Waals surface area (Å²) in [6.45, 7) is 1.95. The number of guanidine groups is 1. The van der Waals surface area contributed by atoms with Crippen LogP contribution in [0.15, 0.2) is 35.3 Å². The third-order valence-corrected chi connectivity index (χ3v) is 4.86. The molecule has 2 rings (SSSR count). The SMILES string of the molecule is CN=C(NCCS(C)(=O)=O)N1CC=C(c2cccc(OC)c2)CC1.I. The van der Waals surface area contributed by atoms with Crippen molar-refractivity contribution in [3.05, 3.63) is 35.9 Å². The number of hydrogen-bond acceptors (Lipinski definition) is 4. The van der Waals surface area contributed by atoms with Gasteiger partial charge in [0.25, 0.3) is 0 Å². The summed E-state index contributed by atoms with van der Waals surface area (Å²) in [5.74, 6) is 1.69. The number of aliphatic imine (C=N–C) groups is 1. The molecular weight excluding hydrogens is 453 g/mol. The van der Waals surface area contributed by atoms with Gasteiger partial charge in [-0.05, 0) is 29.7 Å². The molecule has 0 spiro atoms. The number of ether oxygens (including phenoxy) is 1. The Hall–Kier alpha value is -1.29. The second-order valence-corrected chi connectivity index (χ2v) is 8.02. The molecule has 8 heteroatoms. The van der Waals surface area contributed by atoms with E-state index in [0.717, 1.165) is 31.2 Å². The molecule has 1 N–H and O–H groups in total. The summed E-state index contributed by atoms with van der Waals surface area (Å²) in [5.41, 5.74) is 2.46. The Morgan fingerprint density at radius 3 is 2.72 bits per heavy atom. The molecule has 1 heterocycles. The maximum atomic E-state index is 11.2. The quantitative estimate of drug-likeness (QED) is 0.398. The van der Waals surface area contributed by atoms with E-state index in [2.05, 4.69) is 27.4 Å². The lowest BCUT2D eigenvalue weighted by molar-refractivity contribution is 0.414. The molecule has 0 bridgehead atoms. The van der Waals surface area contributed by atoms with E-state index < -0.39 is 9.84 Å². The van der Waals surface area contributed by atoms with Crippen molar-refractivity contribution < 1.29 is 13.2 Å². The van der Waals surface area contributed by atoms with Crippen molar-refractivity contribution in [2.45, 2.75) is 6.42 Å². The minimum atomic E-state index is -2.97. The zero-order chi connectivity index (χ0) is 17.6. The van der Waals surface area contributed by atoms with E-state index in [0.29, 0.717) is 6.54 Å². The summed E-state index contributed by atoms with van der Waals surface area (Å²) >= 11 is 0. The Morgan fingerprint density at radius 2 is 2.16 bits per heavy atom. The van der Waals surface area contributed by atoms with Crippen LogP contribution in [-0.4, -0.2) is 65.1 Å². The standard InChI is InChI=1S/C17H25N3O3S.HI/c1-18-17(19-9-12-24(3,21)22)20-10-7-14(8-11-20)15-5-4-6-16(13-15)23-2;/h4-7,13H,8-12H2,1-3H3,(H,18,19);1H. The van der Waals surface area contributed by atoms with Gasteiger partial charge < -0.3 is 15.0 Å². The molecule has 0 amide bonds. The lowest BCUT2D eigenvalue weighted by atomic mass is 9.99. The number of methoxy groups -OCH3 is 1. The summed E-state index contributed by atoms with van der Waals surface area (Å²) in [6.07, 6.45) is 4.32. The van der Waals surface area contributed by atoms with Crippen LogP contribution in [0.25, 0.3) is 5.57 Å². The van der Waals surface area contributed by atoms with Crippen molar-refractivity contribution >= 4 is 45.3 Å².